The normalized spacial score (nSPS) is 28.1. The van der Waals surface area contributed by atoms with E-state index in [0.717, 1.165) is 11.8 Å². The molecule has 2 atom stereocenters. The maximum atomic E-state index is 2.56. The second-order valence-corrected chi connectivity index (χ2v) is 9.39. The van der Waals surface area contributed by atoms with Crippen LogP contribution in [0.5, 0.6) is 0 Å². The minimum Gasteiger partial charge on any atom is -0.0848 e. The molecule has 0 heteroatoms. The zero-order valence-electron chi connectivity index (χ0n) is 18.4. The Hall–Kier alpha value is -1.30. The lowest BCUT2D eigenvalue weighted by molar-refractivity contribution is 0.293. The van der Waals surface area contributed by atoms with Gasteiger partial charge in [-0.2, -0.15) is 0 Å². The van der Waals surface area contributed by atoms with Crippen LogP contribution in [0.3, 0.4) is 0 Å². The van der Waals surface area contributed by atoms with Crippen molar-refractivity contribution >= 4 is 0 Å². The predicted octanol–water partition coefficient (Wildman–Crippen LogP) is 8.63. The van der Waals surface area contributed by atoms with Crippen LogP contribution in [0.2, 0.25) is 0 Å². The van der Waals surface area contributed by atoms with Crippen LogP contribution in [0.1, 0.15) is 102 Å². The van der Waals surface area contributed by atoms with Gasteiger partial charge in [-0.3, -0.25) is 0 Å². The molecule has 0 N–H and O–H groups in total. The van der Waals surface area contributed by atoms with E-state index >= 15 is 0 Å². The third kappa shape index (κ3) is 6.64. The highest BCUT2D eigenvalue weighted by molar-refractivity contribution is 5.29. The summed E-state index contributed by atoms with van der Waals surface area (Å²) in [6.45, 7) is 4.61. The van der Waals surface area contributed by atoms with E-state index in [4.69, 9.17) is 0 Å². The molecule has 154 valence electrons. The number of hydrogen-bond donors (Lipinski definition) is 0. The van der Waals surface area contributed by atoms with Crippen LogP contribution in [0.4, 0.5) is 0 Å². The van der Waals surface area contributed by atoms with E-state index in [-0.39, 0.29) is 0 Å². The van der Waals surface area contributed by atoms with Crippen molar-refractivity contribution in [2.75, 3.05) is 0 Å². The maximum Gasteiger partial charge on any atom is 0.00185 e. The fourth-order valence-electron chi connectivity index (χ4n) is 5.17. The number of unbranched alkanes of at least 4 members (excludes halogenated alkanes) is 2. The van der Waals surface area contributed by atoms with Crippen molar-refractivity contribution < 1.29 is 0 Å². The Labute approximate surface area is 174 Å². The first-order valence-corrected chi connectivity index (χ1v) is 12.2. The van der Waals surface area contributed by atoms with Gasteiger partial charge in [0.25, 0.3) is 0 Å². The number of hydrogen-bond acceptors (Lipinski definition) is 0. The van der Waals surface area contributed by atoms with Crippen molar-refractivity contribution in [2.45, 2.75) is 96.8 Å². The third-order valence-corrected chi connectivity index (χ3v) is 7.10. The van der Waals surface area contributed by atoms with Crippen molar-refractivity contribution in [1.82, 2.24) is 0 Å². The van der Waals surface area contributed by atoms with E-state index in [1.165, 1.54) is 88.2 Å². The first-order valence-electron chi connectivity index (χ1n) is 12.2. The smallest absolute Gasteiger partial charge is 0.00185 e. The predicted molar refractivity (Wildman–Crippen MR) is 124 cm³/mol. The fraction of sp³-hybridized carbons (Fsp3) is 0.643. The van der Waals surface area contributed by atoms with Gasteiger partial charge >= 0.3 is 0 Å². The van der Waals surface area contributed by atoms with E-state index in [9.17, 15) is 0 Å². The lowest BCUT2D eigenvalue weighted by atomic mass is 9.79. The lowest BCUT2D eigenvalue weighted by Crippen LogP contribution is -2.13. The van der Waals surface area contributed by atoms with Gasteiger partial charge in [0.1, 0.15) is 0 Å². The summed E-state index contributed by atoms with van der Waals surface area (Å²) in [5.41, 5.74) is 3.01. The Morgan fingerprint density at radius 1 is 0.786 bits per heavy atom. The summed E-state index contributed by atoms with van der Waals surface area (Å²) in [7, 11) is 0. The van der Waals surface area contributed by atoms with Crippen LogP contribution >= 0.6 is 0 Å². The van der Waals surface area contributed by atoms with Gasteiger partial charge in [-0.25, -0.2) is 0 Å². The lowest BCUT2D eigenvalue weighted by Gasteiger charge is -2.27. The SMILES string of the molecule is CCCCCc1ccc(C2C=CC(/C=C/C3CCC(CCC)CC3)CC2)cc1. The highest BCUT2D eigenvalue weighted by Crippen LogP contribution is 2.34. The molecule has 0 spiro atoms. The standard InChI is InChI=1S/C28H42/c1-3-5-6-8-24-15-19-27(20-16-24)28-21-17-26(18-22-28)14-13-25-11-9-23(7-4-2)10-12-25/h13-17,19-21,23,25-26,28H,3-12,18,22H2,1-2H3/b14-13+. The topological polar surface area (TPSA) is 0 Å². The quantitative estimate of drug-likeness (QED) is 0.298. The van der Waals surface area contributed by atoms with E-state index in [1.807, 2.05) is 0 Å². The Balaban J connectivity index is 1.44. The third-order valence-electron chi connectivity index (χ3n) is 7.10. The van der Waals surface area contributed by atoms with E-state index in [2.05, 4.69) is 62.4 Å². The Morgan fingerprint density at radius 3 is 2.21 bits per heavy atom. The molecular formula is C28H42. The zero-order valence-corrected chi connectivity index (χ0v) is 18.4. The van der Waals surface area contributed by atoms with Crippen LogP contribution in [0.25, 0.3) is 0 Å². The number of benzene rings is 1. The minimum absolute atomic E-state index is 0.624. The molecule has 0 nitrogen and oxygen atoms in total. The first kappa shape index (κ1) is 21.4. The summed E-state index contributed by atoms with van der Waals surface area (Å²) in [6.07, 6.45) is 26.4. The molecule has 0 bridgehead atoms. The molecule has 0 radical (unpaired) electrons. The van der Waals surface area contributed by atoms with E-state index < -0.39 is 0 Å². The molecule has 2 unspecified atom stereocenters. The van der Waals surface area contributed by atoms with Crippen LogP contribution < -0.4 is 0 Å². The maximum absolute atomic E-state index is 2.56. The first-order chi connectivity index (χ1) is 13.8. The molecule has 1 aromatic rings. The molecule has 28 heavy (non-hydrogen) atoms. The summed E-state index contributed by atoms with van der Waals surface area (Å²) in [5.74, 6) is 3.15. The van der Waals surface area contributed by atoms with Gasteiger partial charge in [0.2, 0.25) is 0 Å². The summed E-state index contributed by atoms with van der Waals surface area (Å²) >= 11 is 0. The monoisotopic (exact) mass is 378 g/mol. The molecule has 0 aliphatic heterocycles. The molecule has 2 aliphatic rings. The Morgan fingerprint density at radius 2 is 1.57 bits per heavy atom. The molecule has 1 saturated carbocycles. The second-order valence-electron chi connectivity index (χ2n) is 9.39. The number of allylic oxidation sites excluding steroid dienone is 4. The van der Waals surface area contributed by atoms with Crippen molar-refractivity contribution in [2.24, 2.45) is 17.8 Å². The minimum atomic E-state index is 0.624. The number of aryl methyl sites for hydroxylation is 1. The van der Waals surface area contributed by atoms with Crippen LogP contribution in [-0.2, 0) is 6.42 Å². The van der Waals surface area contributed by atoms with Gasteiger partial charge in [0.15, 0.2) is 0 Å². The van der Waals surface area contributed by atoms with E-state index in [0.29, 0.717) is 11.8 Å². The molecule has 1 fully saturated rings. The molecule has 2 aliphatic carbocycles. The van der Waals surface area contributed by atoms with Crippen molar-refractivity contribution in [3.8, 4) is 0 Å². The van der Waals surface area contributed by atoms with Gasteiger partial charge < -0.3 is 0 Å². The zero-order chi connectivity index (χ0) is 19.6. The fourth-order valence-corrected chi connectivity index (χ4v) is 5.17. The molecule has 0 heterocycles. The number of rotatable bonds is 9. The molecule has 0 amide bonds. The summed E-state index contributed by atoms with van der Waals surface area (Å²) < 4.78 is 0. The van der Waals surface area contributed by atoms with Gasteiger partial charge in [0.05, 0.1) is 0 Å². The van der Waals surface area contributed by atoms with Gasteiger partial charge in [-0.05, 0) is 80.2 Å². The van der Waals surface area contributed by atoms with E-state index in [1.54, 1.807) is 0 Å². The van der Waals surface area contributed by atoms with Crippen LogP contribution in [0, 0.1) is 17.8 Å². The van der Waals surface area contributed by atoms with Crippen LogP contribution in [-0.4, -0.2) is 0 Å². The van der Waals surface area contributed by atoms with Crippen molar-refractivity contribution in [1.29, 1.82) is 0 Å². The Bertz CT molecular complexity index is 597. The average molecular weight is 379 g/mol. The summed E-state index contributed by atoms with van der Waals surface area (Å²) in [6, 6.07) is 9.47. The summed E-state index contributed by atoms with van der Waals surface area (Å²) in [4.78, 5) is 0. The van der Waals surface area contributed by atoms with Crippen molar-refractivity contribution in [3.63, 3.8) is 0 Å². The largest absolute Gasteiger partial charge is 0.0848 e. The highest BCUT2D eigenvalue weighted by Gasteiger charge is 2.20. The Kier molecular flexibility index (Phi) is 8.90. The molecule has 1 aromatic carbocycles. The average Bonchev–Trinajstić information content (AvgIpc) is 2.75. The van der Waals surface area contributed by atoms with Crippen molar-refractivity contribution in [3.05, 3.63) is 59.7 Å². The molecular weight excluding hydrogens is 336 g/mol. The van der Waals surface area contributed by atoms with Gasteiger partial charge in [0, 0.05) is 5.92 Å². The van der Waals surface area contributed by atoms with Gasteiger partial charge in [-0.1, -0.05) is 88.1 Å². The van der Waals surface area contributed by atoms with Crippen LogP contribution in [0.15, 0.2) is 48.6 Å². The second kappa shape index (κ2) is 11.6. The highest BCUT2D eigenvalue weighted by atomic mass is 14.3. The molecule has 3 rings (SSSR count). The van der Waals surface area contributed by atoms with Gasteiger partial charge in [-0.15, -0.1) is 0 Å². The molecule has 0 aromatic heterocycles. The summed E-state index contributed by atoms with van der Waals surface area (Å²) in [5, 5.41) is 0. The molecule has 0 saturated heterocycles.